The van der Waals surface area contributed by atoms with E-state index in [1.165, 1.54) is 13.3 Å². The maximum atomic E-state index is 10.7. The zero-order valence-corrected chi connectivity index (χ0v) is 6.03. The smallest absolute Gasteiger partial charge is 0.394 e. The van der Waals surface area contributed by atoms with Gasteiger partial charge in [0, 0.05) is 0 Å². The van der Waals surface area contributed by atoms with E-state index < -0.39 is 5.97 Å². The summed E-state index contributed by atoms with van der Waals surface area (Å²) in [7, 11) is 1.26. The molecule has 1 aromatic rings. The Morgan fingerprint density at radius 3 is 3.09 bits per heavy atom. The van der Waals surface area contributed by atoms with Gasteiger partial charge in [0.25, 0.3) is 0 Å². The molecule has 0 fully saturated rings. The number of rotatable bonds is 2. The standard InChI is InChI=1S/C6H8N2O3/c1-10-6(9)5-8-3-4(2-7)11-5/h3H,2,7H2,1H3. The molecule has 1 aromatic heterocycles. The number of hydrogen-bond acceptors (Lipinski definition) is 5. The van der Waals surface area contributed by atoms with E-state index in [1.54, 1.807) is 0 Å². The molecule has 0 saturated heterocycles. The second kappa shape index (κ2) is 3.16. The van der Waals surface area contributed by atoms with Gasteiger partial charge >= 0.3 is 11.9 Å². The fraction of sp³-hybridized carbons (Fsp3) is 0.333. The van der Waals surface area contributed by atoms with E-state index in [2.05, 4.69) is 9.72 Å². The number of carbonyl (C=O) groups is 1. The Balaban J connectivity index is 2.80. The zero-order valence-electron chi connectivity index (χ0n) is 6.03. The van der Waals surface area contributed by atoms with E-state index in [1.807, 2.05) is 0 Å². The van der Waals surface area contributed by atoms with E-state index in [-0.39, 0.29) is 12.4 Å². The van der Waals surface area contributed by atoms with E-state index in [4.69, 9.17) is 10.2 Å². The minimum Gasteiger partial charge on any atom is -0.462 e. The number of ether oxygens (including phenoxy) is 1. The highest BCUT2D eigenvalue weighted by Crippen LogP contribution is 2.02. The second-order valence-corrected chi connectivity index (χ2v) is 1.83. The van der Waals surface area contributed by atoms with Crippen LogP contribution in [0.5, 0.6) is 0 Å². The van der Waals surface area contributed by atoms with Crippen LogP contribution in [0.3, 0.4) is 0 Å². The summed E-state index contributed by atoms with van der Waals surface area (Å²) in [5.41, 5.74) is 5.22. The van der Waals surface area contributed by atoms with Crippen molar-refractivity contribution >= 4 is 5.97 Å². The molecule has 2 N–H and O–H groups in total. The molecule has 0 saturated carbocycles. The lowest BCUT2D eigenvalue weighted by Gasteiger charge is -1.90. The first-order valence-electron chi connectivity index (χ1n) is 3.01. The molecule has 0 spiro atoms. The van der Waals surface area contributed by atoms with Gasteiger partial charge in [-0.15, -0.1) is 0 Å². The van der Waals surface area contributed by atoms with E-state index in [0.29, 0.717) is 5.76 Å². The lowest BCUT2D eigenvalue weighted by molar-refractivity contribution is 0.0554. The Hall–Kier alpha value is -1.36. The summed E-state index contributed by atoms with van der Waals surface area (Å²) in [6, 6.07) is 0. The highest BCUT2D eigenvalue weighted by Gasteiger charge is 2.11. The molecule has 1 heterocycles. The van der Waals surface area contributed by atoms with Crippen molar-refractivity contribution in [2.75, 3.05) is 7.11 Å². The molecule has 0 aliphatic heterocycles. The summed E-state index contributed by atoms with van der Waals surface area (Å²) in [6.07, 6.45) is 1.40. The molecule has 0 radical (unpaired) electrons. The molecule has 0 unspecified atom stereocenters. The Morgan fingerprint density at radius 2 is 2.64 bits per heavy atom. The van der Waals surface area contributed by atoms with Gasteiger partial charge in [0.15, 0.2) is 0 Å². The monoisotopic (exact) mass is 156 g/mol. The molecular weight excluding hydrogens is 148 g/mol. The SMILES string of the molecule is COC(=O)c1ncc(CN)o1. The Kier molecular flexibility index (Phi) is 2.22. The van der Waals surface area contributed by atoms with Gasteiger partial charge in [-0.2, -0.15) is 0 Å². The minimum absolute atomic E-state index is 0.0621. The first-order valence-corrected chi connectivity index (χ1v) is 3.01. The van der Waals surface area contributed by atoms with Crippen LogP contribution in [0, 0.1) is 0 Å². The molecule has 60 valence electrons. The average molecular weight is 156 g/mol. The highest BCUT2D eigenvalue weighted by atomic mass is 16.5. The quantitative estimate of drug-likeness (QED) is 0.606. The number of hydrogen-bond donors (Lipinski definition) is 1. The topological polar surface area (TPSA) is 78.3 Å². The van der Waals surface area contributed by atoms with E-state index in [0.717, 1.165) is 0 Å². The predicted molar refractivity (Wildman–Crippen MR) is 35.7 cm³/mol. The molecule has 0 amide bonds. The minimum atomic E-state index is -0.593. The van der Waals surface area contributed by atoms with Gasteiger partial charge in [-0.05, 0) is 0 Å². The zero-order chi connectivity index (χ0) is 8.27. The van der Waals surface area contributed by atoms with Crippen molar-refractivity contribution in [3.63, 3.8) is 0 Å². The number of esters is 1. The van der Waals surface area contributed by atoms with Crippen LogP contribution in [-0.4, -0.2) is 18.1 Å². The van der Waals surface area contributed by atoms with E-state index >= 15 is 0 Å². The van der Waals surface area contributed by atoms with Crippen molar-refractivity contribution in [2.24, 2.45) is 5.73 Å². The van der Waals surface area contributed by atoms with Gasteiger partial charge in [0.1, 0.15) is 5.76 Å². The highest BCUT2D eigenvalue weighted by molar-refractivity contribution is 5.83. The molecular formula is C6H8N2O3. The van der Waals surface area contributed by atoms with Crippen molar-refractivity contribution in [3.8, 4) is 0 Å². The number of carbonyl (C=O) groups excluding carboxylic acids is 1. The number of oxazole rings is 1. The Bertz CT molecular complexity index is 256. The molecule has 5 heteroatoms. The lowest BCUT2D eigenvalue weighted by atomic mass is 10.5. The maximum absolute atomic E-state index is 10.7. The van der Waals surface area contributed by atoms with Crippen LogP contribution in [0.25, 0.3) is 0 Å². The number of methoxy groups -OCH3 is 1. The second-order valence-electron chi connectivity index (χ2n) is 1.83. The van der Waals surface area contributed by atoms with Gasteiger partial charge < -0.3 is 14.9 Å². The fourth-order valence-corrected chi connectivity index (χ4v) is 0.584. The Labute approximate surface area is 63.2 Å². The van der Waals surface area contributed by atoms with Crippen LogP contribution in [-0.2, 0) is 11.3 Å². The third-order valence-corrected chi connectivity index (χ3v) is 1.11. The third kappa shape index (κ3) is 1.56. The van der Waals surface area contributed by atoms with Crippen molar-refractivity contribution in [1.82, 2.24) is 4.98 Å². The van der Waals surface area contributed by atoms with Crippen molar-refractivity contribution in [2.45, 2.75) is 6.54 Å². The lowest BCUT2D eigenvalue weighted by Crippen LogP contribution is -2.00. The van der Waals surface area contributed by atoms with Gasteiger partial charge in [-0.1, -0.05) is 0 Å². The normalized spacial score (nSPS) is 9.64. The van der Waals surface area contributed by atoms with Crippen LogP contribution < -0.4 is 5.73 Å². The van der Waals surface area contributed by atoms with Crippen molar-refractivity contribution in [3.05, 3.63) is 17.8 Å². The summed E-state index contributed by atoms with van der Waals surface area (Å²) < 4.78 is 9.23. The number of nitrogens with two attached hydrogens (primary N) is 1. The predicted octanol–water partition coefficient (Wildman–Crippen LogP) is -0.0801. The molecule has 0 aliphatic rings. The van der Waals surface area contributed by atoms with Crippen LogP contribution in [0.15, 0.2) is 10.6 Å². The first kappa shape index (κ1) is 7.74. The van der Waals surface area contributed by atoms with Crippen LogP contribution >= 0.6 is 0 Å². The third-order valence-electron chi connectivity index (χ3n) is 1.11. The fourth-order valence-electron chi connectivity index (χ4n) is 0.584. The molecule has 0 atom stereocenters. The maximum Gasteiger partial charge on any atom is 0.394 e. The van der Waals surface area contributed by atoms with Gasteiger partial charge in [-0.25, -0.2) is 9.78 Å². The number of nitrogens with zero attached hydrogens (tertiary/aromatic N) is 1. The summed E-state index contributed by atoms with van der Waals surface area (Å²) in [5.74, 6) is -0.192. The van der Waals surface area contributed by atoms with Crippen LogP contribution in [0.2, 0.25) is 0 Å². The summed E-state index contributed by atoms with van der Waals surface area (Å²) in [5, 5.41) is 0. The first-order chi connectivity index (χ1) is 5.27. The van der Waals surface area contributed by atoms with Crippen LogP contribution in [0.4, 0.5) is 0 Å². The van der Waals surface area contributed by atoms with Gasteiger partial charge in [0.2, 0.25) is 0 Å². The van der Waals surface area contributed by atoms with Crippen molar-refractivity contribution in [1.29, 1.82) is 0 Å². The van der Waals surface area contributed by atoms with E-state index in [9.17, 15) is 4.79 Å². The average Bonchev–Trinajstić information content (AvgIpc) is 2.50. The summed E-state index contributed by atoms with van der Waals surface area (Å²) >= 11 is 0. The molecule has 5 nitrogen and oxygen atoms in total. The Morgan fingerprint density at radius 1 is 1.91 bits per heavy atom. The largest absolute Gasteiger partial charge is 0.462 e. The molecule has 0 aromatic carbocycles. The van der Waals surface area contributed by atoms with Crippen LogP contribution in [0.1, 0.15) is 16.4 Å². The van der Waals surface area contributed by atoms with Gasteiger partial charge in [-0.3, -0.25) is 0 Å². The molecule has 11 heavy (non-hydrogen) atoms. The number of aromatic nitrogens is 1. The summed E-state index contributed by atoms with van der Waals surface area (Å²) in [4.78, 5) is 14.4. The van der Waals surface area contributed by atoms with Crippen molar-refractivity contribution < 1.29 is 13.9 Å². The molecule has 1 rings (SSSR count). The summed E-state index contributed by atoms with van der Waals surface area (Å²) in [6.45, 7) is 0.226. The van der Waals surface area contributed by atoms with Gasteiger partial charge in [0.05, 0.1) is 19.9 Å². The molecule has 0 bridgehead atoms. The molecule has 0 aliphatic carbocycles.